The van der Waals surface area contributed by atoms with Crippen LogP contribution in [0.2, 0.25) is 0 Å². The Morgan fingerprint density at radius 2 is 2.17 bits per heavy atom. The number of halogens is 1. The number of benzene rings is 1. The lowest BCUT2D eigenvalue weighted by Gasteiger charge is -2.03. The fourth-order valence-corrected chi connectivity index (χ4v) is 3.40. The van der Waals surface area contributed by atoms with Gasteiger partial charge in [-0.3, -0.25) is 0 Å². The summed E-state index contributed by atoms with van der Waals surface area (Å²) in [4.78, 5) is 5.29. The van der Waals surface area contributed by atoms with Crippen LogP contribution in [0.4, 0.5) is 4.39 Å². The van der Waals surface area contributed by atoms with Gasteiger partial charge in [0.05, 0.1) is 11.4 Å². The molecule has 1 aromatic carbocycles. The lowest BCUT2D eigenvalue weighted by molar-refractivity contribution is 0.602. The summed E-state index contributed by atoms with van der Waals surface area (Å²) in [5.41, 5.74) is 1.16. The molecule has 0 aliphatic carbocycles. The molecule has 1 aromatic heterocycles. The van der Waals surface area contributed by atoms with Crippen molar-refractivity contribution in [1.82, 2.24) is 4.98 Å². The van der Waals surface area contributed by atoms with Gasteiger partial charge < -0.3 is 0 Å². The predicted octanol–water partition coefficient (Wildman–Crippen LogP) is 5.09. The minimum atomic E-state index is -0.152. The zero-order chi connectivity index (χ0) is 13.0. The molecule has 96 valence electrons. The molecule has 0 fully saturated rings. The maximum atomic E-state index is 13.4. The molecule has 1 heterocycles. The van der Waals surface area contributed by atoms with Crippen molar-refractivity contribution < 1.29 is 4.39 Å². The van der Waals surface area contributed by atoms with Gasteiger partial charge in [0.15, 0.2) is 0 Å². The third-order valence-corrected chi connectivity index (χ3v) is 4.98. The van der Waals surface area contributed by atoms with Crippen molar-refractivity contribution in [3.05, 3.63) is 46.2 Å². The van der Waals surface area contributed by atoms with Crippen molar-refractivity contribution >= 4 is 23.1 Å². The Labute approximate surface area is 115 Å². The Kier molecular flexibility index (Phi) is 4.78. The summed E-state index contributed by atoms with van der Waals surface area (Å²) in [5.74, 6) is 1.09. The van der Waals surface area contributed by atoms with Gasteiger partial charge in [0.2, 0.25) is 0 Å². The second-order valence-corrected chi connectivity index (χ2v) is 6.15. The average molecular weight is 281 g/mol. The van der Waals surface area contributed by atoms with E-state index in [9.17, 15) is 4.39 Å². The van der Waals surface area contributed by atoms with E-state index < -0.39 is 0 Å². The quantitative estimate of drug-likeness (QED) is 0.708. The van der Waals surface area contributed by atoms with Gasteiger partial charge in [0, 0.05) is 10.3 Å². The molecule has 18 heavy (non-hydrogen) atoms. The van der Waals surface area contributed by atoms with Crippen LogP contribution in [0.5, 0.6) is 0 Å². The molecule has 1 nitrogen and oxygen atoms in total. The Hall–Kier alpha value is -0.870. The van der Waals surface area contributed by atoms with Crippen LogP contribution in [0.3, 0.4) is 0 Å². The molecule has 0 radical (unpaired) electrons. The maximum Gasteiger partial charge on any atom is 0.136 e. The van der Waals surface area contributed by atoms with E-state index in [-0.39, 0.29) is 5.82 Å². The monoisotopic (exact) mass is 281 g/mol. The first-order chi connectivity index (χ1) is 8.70. The highest BCUT2D eigenvalue weighted by Gasteiger charge is 2.09. The molecule has 0 aliphatic heterocycles. The van der Waals surface area contributed by atoms with Gasteiger partial charge in [-0.15, -0.1) is 23.1 Å². The van der Waals surface area contributed by atoms with Crippen LogP contribution in [0.1, 0.15) is 36.9 Å². The van der Waals surface area contributed by atoms with Gasteiger partial charge in [0.1, 0.15) is 10.8 Å². The van der Waals surface area contributed by atoms with Crippen LogP contribution in [-0.2, 0) is 5.75 Å². The summed E-state index contributed by atoms with van der Waals surface area (Å²) in [6, 6.07) is 6.87. The normalized spacial score (nSPS) is 12.6. The van der Waals surface area contributed by atoms with Crippen LogP contribution in [-0.4, -0.2) is 4.98 Å². The molecular weight excluding hydrogens is 265 g/mol. The highest BCUT2D eigenvalue weighted by atomic mass is 32.2. The number of aromatic nitrogens is 1. The van der Waals surface area contributed by atoms with E-state index in [0.29, 0.717) is 10.8 Å². The van der Waals surface area contributed by atoms with E-state index in [1.807, 2.05) is 12.1 Å². The molecule has 4 heteroatoms. The Morgan fingerprint density at radius 3 is 2.89 bits per heavy atom. The first-order valence-corrected chi connectivity index (χ1v) is 7.89. The Bertz CT molecular complexity index is 510. The van der Waals surface area contributed by atoms with E-state index in [1.54, 1.807) is 17.4 Å². The second-order valence-electron chi connectivity index (χ2n) is 4.19. The lowest BCUT2D eigenvalue weighted by Crippen LogP contribution is -1.91. The lowest BCUT2D eigenvalue weighted by atomic mass is 10.1. The van der Waals surface area contributed by atoms with Gasteiger partial charge in [-0.25, -0.2) is 9.37 Å². The minimum absolute atomic E-state index is 0.152. The molecule has 0 saturated carbocycles. The number of hydrogen-bond donors (Lipinski definition) is 0. The highest BCUT2D eigenvalue weighted by Crippen LogP contribution is 2.28. The number of nitrogens with zero attached hydrogens (tertiary/aromatic N) is 1. The maximum absolute atomic E-state index is 13.4. The van der Waals surface area contributed by atoms with Crippen LogP contribution in [0.25, 0.3) is 0 Å². The first kappa shape index (κ1) is 13.6. The van der Waals surface area contributed by atoms with Crippen molar-refractivity contribution in [3.8, 4) is 0 Å². The summed E-state index contributed by atoms with van der Waals surface area (Å²) in [7, 11) is 0. The molecule has 1 unspecified atom stereocenters. The second kappa shape index (κ2) is 6.34. The van der Waals surface area contributed by atoms with E-state index in [2.05, 4.69) is 24.2 Å². The number of thioether (sulfide) groups is 1. The van der Waals surface area contributed by atoms with Crippen molar-refractivity contribution in [2.24, 2.45) is 0 Å². The molecular formula is C14H16FNS2. The van der Waals surface area contributed by atoms with Gasteiger partial charge in [-0.05, 0) is 24.5 Å². The van der Waals surface area contributed by atoms with Gasteiger partial charge in [-0.1, -0.05) is 26.0 Å². The van der Waals surface area contributed by atoms with Crippen LogP contribution < -0.4 is 0 Å². The standard InChI is InChI=1S/C14H16FNS2/c1-3-10(2)12-8-18-14(16-12)9-17-13-7-5-4-6-11(13)15/h4-8,10H,3,9H2,1-2H3. The zero-order valence-corrected chi connectivity index (χ0v) is 12.2. The average Bonchev–Trinajstić information content (AvgIpc) is 2.86. The third-order valence-electron chi connectivity index (χ3n) is 2.87. The van der Waals surface area contributed by atoms with Gasteiger partial charge >= 0.3 is 0 Å². The summed E-state index contributed by atoms with van der Waals surface area (Å²) < 4.78 is 13.4. The SMILES string of the molecule is CCC(C)c1csc(CSc2ccccc2F)n1. The fourth-order valence-electron chi connectivity index (χ4n) is 1.53. The minimum Gasteiger partial charge on any atom is -0.245 e. The molecule has 0 aliphatic rings. The first-order valence-electron chi connectivity index (χ1n) is 6.02. The van der Waals surface area contributed by atoms with E-state index in [0.717, 1.165) is 22.9 Å². The number of thiazole rings is 1. The largest absolute Gasteiger partial charge is 0.245 e. The Morgan fingerprint density at radius 1 is 1.39 bits per heavy atom. The molecule has 0 spiro atoms. The molecule has 2 aromatic rings. The fraction of sp³-hybridized carbons (Fsp3) is 0.357. The zero-order valence-electron chi connectivity index (χ0n) is 10.5. The van der Waals surface area contributed by atoms with Crippen LogP contribution in [0, 0.1) is 5.82 Å². The number of rotatable bonds is 5. The summed E-state index contributed by atoms with van der Waals surface area (Å²) in [6.07, 6.45) is 1.10. The third kappa shape index (κ3) is 3.33. The topological polar surface area (TPSA) is 12.9 Å². The van der Waals surface area contributed by atoms with Crippen LogP contribution in [0.15, 0.2) is 34.5 Å². The molecule has 1 atom stereocenters. The van der Waals surface area contributed by atoms with Gasteiger partial charge in [0.25, 0.3) is 0 Å². The molecule has 0 bridgehead atoms. The Balaban J connectivity index is 1.98. The smallest absolute Gasteiger partial charge is 0.136 e. The van der Waals surface area contributed by atoms with E-state index >= 15 is 0 Å². The van der Waals surface area contributed by atoms with Gasteiger partial charge in [-0.2, -0.15) is 0 Å². The van der Waals surface area contributed by atoms with Crippen molar-refractivity contribution in [2.75, 3.05) is 0 Å². The van der Waals surface area contributed by atoms with Crippen LogP contribution >= 0.6 is 23.1 Å². The molecule has 0 N–H and O–H groups in total. The van der Waals surface area contributed by atoms with E-state index in [1.165, 1.54) is 17.8 Å². The van der Waals surface area contributed by atoms with Crippen molar-refractivity contribution in [1.29, 1.82) is 0 Å². The summed E-state index contributed by atoms with van der Waals surface area (Å²) in [5, 5.41) is 3.18. The number of hydrogen-bond acceptors (Lipinski definition) is 3. The highest BCUT2D eigenvalue weighted by molar-refractivity contribution is 7.98. The van der Waals surface area contributed by atoms with Crippen molar-refractivity contribution in [2.45, 2.75) is 36.8 Å². The molecule has 0 saturated heterocycles. The summed E-state index contributed by atoms with van der Waals surface area (Å²) in [6.45, 7) is 4.35. The molecule has 2 rings (SSSR count). The summed E-state index contributed by atoms with van der Waals surface area (Å²) >= 11 is 3.17. The van der Waals surface area contributed by atoms with Crippen molar-refractivity contribution in [3.63, 3.8) is 0 Å². The predicted molar refractivity (Wildman–Crippen MR) is 76.8 cm³/mol. The van der Waals surface area contributed by atoms with E-state index in [4.69, 9.17) is 0 Å². The molecule has 0 amide bonds.